The second kappa shape index (κ2) is 7.88. The second-order valence-electron chi connectivity index (χ2n) is 8.06. The van der Waals surface area contributed by atoms with Crippen LogP contribution in [0.1, 0.15) is 43.9 Å². The van der Waals surface area contributed by atoms with Gasteiger partial charge in [0.05, 0.1) is 30.3 Å². The standard InChI is InChI=1S/C24H23N7O/c1-15(2)19-6-4-5-7-20(19)22-25-14-21-23(29-22)30(24(32)28-21)16(3)17-8-10-18(11-9-17)31-26-12-13-27-31/h4-16H,1-3H3,(H,28,32). The van der Waals surface area contributed by atoms with Gasteiger partial charge >= 0.3 is 5.69 Å². The summed E-state index contributed by atoms with van der Waals surface area (Å²) in [5, 5.41) is 8.30. The summed E-state index contributed by atoms with van der Waals surface area (Å²) in [6.45, 7) is 6.28. The first-order valence-electron chi connectivity index (χ1n) is 10.6. The molecule has 0 aliphatic heterocycles. The van der Waals surface area contributed by atoms with Crippen molar-refractivity contribution >= 4 is 11.2 Å². The van der Waals surface area contributed by atoms with Crippen molar-refractivity contribution in [3.8, 4) is 17.1 Å². The lowest BCUT2D eigenvalue weighted by atomic mass is 9.97. The predicted octanol–water partition coefficient (Wildman–Crippen LogP) is 4.10. The lowest BCUT2D eigenvalue weighted by Crippen LogP contribution is -2.21. The maximum absolute atomic E-state index is 12.8. The highest BCUT2D eigenvalue weighted by Crippen LogP contribution is 2.28. The third-order valence-corrected chi connectivity index (χ3v) is 5.69. The number of nitrogens with one attached hydrogen (secondary N) is 1. The Kier molecular flexibility index (Phi) is 4.89. The van der Waals surface area contributed by atoms with E-state index < -0.39 is 0 Å². The van der Waals surface area contributed by atoms with E-state index in [9.17, 15) is 4.79 Å². The lowest BCUT2D eigenvalue weighted by molar-refractivity contribution is 0.630. The molecule has 0 bridgehead atoms. The van der Waals surface area contributed by atoms with Gasteiger partial charge in [0.15, 0.2) is 11.5 Å². The fourth-order valence-electron chi connectivity index (χ4n) is 3.99. The van der Waals surface area contributed by atoms with Gasteiger partial charge in [-0.05, 0) is 36.1 Å². The number of imidazole rings is 1. The summed E-state index contributed by atoms with van der Waals surface area (Å²) in [6, 6.07) is 15.7. The smallest absolute Gasteiger partial charge is 0.303 e. The molecule has 0 saturated heterocycles. The van der Waals surface area contributed by atoms with E-state index in [4.69, 9.17) is 4.98 Å². The number of nitrogens with zero attached hydrogens (tertiary/aromatic N) is 6. The average Bonchev–Trinajstić information content (AvgIpc) is 3.46. The summed E-state index contributed by atoms with van der Waals surface area (Å²) in [5.41, 5.74) is 4.97. The molecule has 0 saturated carbocycles. The van der Waals surface area contributed by atoms with Crippen LogP contribution in [0.2, 0.25) is 0 Å². The lowest BCUT2D eigenvalue weighted by Gasteiger charge is -2.15. The van der Waals surface area contributed by atoms with Gasteiger partial charge in [0.2, 0.25) is 0 Å². The molecule has 5 rings (SSSR count). The van der Waals surface area contributed by atoms with Gasteiger partial charge in [-0.25, -0.2) is 14.8 Å². The first-order valence-corrected chi connectivity index (χ1v) is 10.6. The van der Waals surface area contributed by atoms with E-state index in [1.165, 1.54) is 5.56 Å². The van der Waals surface area contributed by atoms with Crippen LogP contribution in [-0.4, -0.2) is 34.5 Å². The largest absolute Gasteiger partial charge is 0.328 e. The summed E-state index contributed by atoms with van der Waals surface area (Å²) in [4.78, 5) is 26.6. The van der Waals surface area contributed by atoms with E-state index in [1.807, 2.05) is 49.4 Å². The molecule has 1 atom stereocenters. The van der Waals surface area contributed by atoms with Crippen molar-refractivity contribution in [2.75, 3.05) is 0 Å². The molecule has 1 unspecified atom stereocenters. The molecule has 0 amide bonds. The molecule has 160 valence electrons. The van der Waals surface area contributed by atoms with Crippen LogP contribution in [0.25, 0.3) is 28.2 Å². The van der Waals surface area contributed by atoms with Gasteiger partial charge in [0, 0.05) is 5.56 Å². The number of H-pyrrole nitrogens is 1. The van der Waals surface area contributed by atoms with Crippen molar-refractivity contribution in [2.45, 2.75) is 32.7 Å². The molecule has 0 fully saturated rings. The van der Waals surface area contributed by atoms with Crippen LogP contribution in [0.4, 0.5) is 0 Å². The Balaban J connectivity index is 1.58. The average molecular weight is 425 g/mol. The highest BCUT2D eigenvalue weighted by atomic mass is 16.1. The predicted molar refractivity (Wildman–Crippen MR) is 123 cm³/mol. The number of benzene rings is 2. The molecular weight excluding hydrogens is 402 g/mol. The fraction of sp³-hybridized carbons (Fsp3) is 0.208. The Morgan fingerprint density at radius 2 is 1.66 bits per heavy atom. The Morgan fingerprint density at radius 3 is 2.38 bits per heavy atom. The molecule has 8 heteroatoms. The highest BCUT2D eigenvalue weighted by Gasteiger charge is 2.19. The van der Waals surface area contributed by atoms with E-state index in [0.717, 1.165) is 16.8 Å². The monoisotopic (exact) mass is 425 g/mol. The third kappa shape index (κ3) is 3.39. The molecule has 0 spiro atoms. The Bertz CT molecular complexity index is 1430. The van der Waals surface area contributed by atoms with Gasteiger partial charge in [0.1, 0.15) is 5.52 Å². The van der Waals surface area contributed by atoms with Crippen LogP contribution in [-0.2, 0) is 0 Å². The van der Waals surface area contributed by atoms with Crippen molar-refractivity contribution in [3.05, 3.63) is 88.7 Å². The minimum absolute atomic E-state index is 0.214. The van der Waals surface area contributed by atoms with Gasteiger partial charge in [0.25, 0.3) is 0 Å². The number of aromatic nitrogens is 7. The molecule has 0 radical (unpaired) electrons. The maximum Gasteiger partial charge on any atom is 0.328 e. The SMILES string of the molecule is CC(C)c1ccccc1-c1ncc2[nH]c(=O)n(C(C)c3ccc(-n4nccn4)cc3)c2n1. The zero-order chi connectivity index (χ0) is 22.2. The van der Waals surface area contributed by atoms with Crippen LogP contribution in [0, 0.1) is 0 Å². The Labute approximate surface area is 184 Å². The van der Waals surface area contributed by atoms with Crippen LogP contribution < -0.4 is 5.69 Å². The van der Waals surface area contributed by atoms with Crippen molar-refractivity contribution < 1.29 is 0 Å². The highest BCUT2D eigenvalue weighted by molar-refractivity contribution is 5.74. The first kappa shape index (κ1) is 19.9. The van der Waals surface area contributed by atoms with Gasteiger partial charge in [-0.1, -0.05) is 50.2 Å². The van der Waals surface area contributed by atoms with Crippen molar-refractivity contribution in [1.82, 2.24) is 34.5 Å². The quantitative estimate of drug-likeness (QED) is 0.457. The number of rotatable bonds is 5. The molecule has 0 aliphatic rings. The molecule has 32 heavy (non-hydrogen) atoms. The first-order chi connectivity index (χ1) is 15.5. The normalized spacial score (nSPS) is 12.5. The van der Waals surface area contributed by atoms with Crippen molar-refractivity contribution in [2.24, 2.45) is 0 Å². The van der Waals surface area contributed by atoms with E-state index in [0.29, 0.717) is 22.9 Å². The summed E-state index contributed by atoms with van der Waals surface area (Å²) in [6.07, 6.45) is 4.96. The van der Waals surface area contributed by atoms with Gasteiger partial charge in [-0.15, -0.1) is 0 Å². The minimum atomic E-state index is -0.223. The zero-order valence-corrected chi connectivity index (χ0v) is 18.1. The molecule has 2 aromatic carbocycles. The Hall–Kier alpha value is -4.07. The molecule has 5 aromatic rings. The minimum Gasteiger partial charge on any atom is -0.303 e. The molecular formula is C24H23N7O. The van der Waals surface area contributed by atoms with E-state index in [2.05, 4.69) is 40.1 Å². The van der Waals surface area contributed by atoms with Crippen LogP contribution in [0.3, 0.4) is 0 Å². The van der Waals surface area contributed by atoms with Gasteiger partial charge in [-0.3, -0.25) is 4.57 Å². The number of fused-ring (bicyclic) bond motifs is 1. The summed E-state index contributed by atoms with van der Waals surface area (Å²) >= 11 is 0. The summed E-state index contributed by atoms with van der Waals surface area (Å²) in [5.74, 6) is 0.947. The molecule has 3 heterocycles. The van der Waals surface area contributed by atoms with Crippen LogP contribution in [0.15, 0.2) is 71.9 Å². The van der Waals surface area contributed by atoms with Crippen LogP contribution in [0.5, 0.6) is 0 Å². The fourth-order valence-corrected chi connectivity index (χ4v) is 3.99. The molecule has 3 aromatic heterocycles. The third-order valence-electron chi connectivity index (χ3n) is 5.69. The molecule has 1 N–H and O–H groups in total. The second-order valence-corrected chi connectivity index (χ2v) is 8.06. The molecule has 0 aliphatic carbocycles. The number of aromatic amines is 1. The molecule has 8 nitrogen and oxygen atoms in total. The van der Waals surface area contributed by atoms with Gasteiger partial charge in [-0.2, -0.15) is 15.0 Å². The number of hydrogen-bond acceptors (Lipinski definition) is 5. The van der Waals surface area contributed by atoms with Crippen molar-refractivity contribution in [3.63, 3.8) is 0 Å². The van der Waals surface area contributed by atoms with Crippen molar-refractivity contribution in [1.29, 1.82) is 0 Å². The van der Waals surface area contributed by atoms with Crippen LogP contribution >= 0.6 is 0 Å². The topological polar surface area (TPSA) is 94.3 Å². The number of hydrogen-bond donors (Lipinski definition) is 1. The zero-order valence-electron chi connectivity index (χ0n) is 18.1. The van der Waals surface area contributed by atoms with E-state index in [-0.39, 0.29) is 11.7 Å². The summed E-state index contributed by atoms with van der Waals surface area (Å²) in [7, 11) is 0. The van der Waals surface area contributed by atoms with E-state index in [1.54, 1.807) is 28.0 Å². The van der Waals surface area contributed by atoms with E-state index >= 15 is 0 Å². The van der Waals surface area contributed by atoms with Gasteiger partial charge < -0.3 is 4.98 Å². The Morgan fingerprint density at radius 1 is 0.938 bits per heavy atom. The maximum atomic E-state index is 12.8. The summed E-state index contributed by atoms with van der Waals surface area (Å²) < 4.78 is 1.68.